The highest BCUT2D eigenvalue weighted by molar-refractivity contribution is 6.05. The molecular weight excluding hydrogens is 404 g/mol. The zero-order chi connectivity index (χ0) is 22.3. The molecule has 0 saturated carbocycles. The molecule has 3 N–H and O–H groups in total. The Balaban J connectivity index is 1.33. The molecule has 1 aliphatic heterocycles. The lowest BCUT2D eigenvalue weighted by Crippen LogP contribution is -2.23. The van der Waals surface area contributed by atoms with Crippen LogP contribution in [0.25, 0.3) is 0 Å². The maximum absolute atomic E-state index is 12.6. The van der Waals surface area contributed by atoms with E-state index < -0.39 is 0 Å². The second kappa shape index (κ2) is 9.78. The Bertz CT molecular complexity index is 1110. The Morgan fingerprint density at radius 1 is 0.781 bits per heavy atom. The normalized spacial score (nSPS) is 13.0. The zero-order valence-corrected chi connectivity index (χ0v) is 17.5. The first-order valence-corrected chi connectivity index (χ1v) is 10.5. The van der Waals surface area contributed by atoms with Gasteiger partial charge in [0.15, 0.2) is 0 Å². The highest BCUT2D eigenvalue weighted by Gasteiger charge is 2.20. The molecule has 0 radical (unpaired) electrons. The van der Waals surface area contributed by atoms with E-state index >= 15 is 0 Å². The first-order chi connectivity index (χ1) is 15.6. The minimum absolute atomic E-state index is 0.172. The summed E-state index contributed by atoms with van der Waals surface area (Å²) in [5.74, 6) is -0.0785. The van der Waals surface area contributed by atoms with Gasteiger partial charge in [-0.2, -0.15) is 0 Å². The predicted octanol–water partition coefficient (Wildman–Crippen LogP) is 4.71. The minimum atomic E-state index is -0.360. The van der Waals surface area contributed by atoms with Crippen LogP contribution in [0.3, 0.4) is 0 Å². The third kappa shape index (κ3) is 5.51. The molecule has 162 valence electrons. The molecule has 1 saturated heterocycles. The molecular formula is C25H24N4O3. The Morgan fingerprint density at radius 2 is 1.47 bits per heavy atom. The molecule has 3 aromatic rings. The maximum Gasteiger partial charge on any atom is 0.323 e. The number of anilines is 3. The van der Waals surface area contributed by atoms with E-state index in [-0.39, 0.29) is 17.8 Å². The van der Waals surface area contributed by atoms with Gasteiger partial charge in [-0.15, -0.1) is 0 Å². The van der Waals surface area contributed by atoms with Crippen molar-refractivity contribution in [3.05, 3.63) is 90.0 Å². The number of carbonyl (C=O) groups excluding carboxylic acids is 3. The summed E-state index contributed by atoms with van der Waals surface area (Å²) in [4.78, 5) is 38.4. The molecule has 7 nitrogen and oxygen atoms in total. The van der Waals surface area contributed by atoms with Crippen molar-refractivity contribution in [3.8, 4) is 0 Å². The molecule has 0 bridgehead atoms. The summed E-state index contributed by atoms with van der Waals surface area (Å²) in [5.41, 5.74) is 3.38. The van der Waals surface area contributed by atoms with Crippen molar-refractivity contribution in [1.29, 1.82) is 0 Å². The summed E-state index contributed by atoms with van der Waals surface area (Å²) in [6.45, 7) is 1.33. The van der Waals surface area contributed by atoms with Crippen LogP contribution in [0.15, 0.2) is 78.9 Å². The molecule has 0 spiro atoms. The van der Waals surface area contributed by atoms with E-state index in [1.807, 2.05) is 47.4 Å². The molecule has 1 fully saturated rings. The van der Waals surface area contributed by atoms with Gasteiger partial charge in [-0.25, -0.2) is 4.79 Å². The van der Waals surface area contributed by atoms with E-state index in [2.05, 4.69) is 16.0 Å². The van der Waals surface area contributed by atoms with E-state index in [0.29, 0.717) is 35.6 Å². The lowest BCUT2D eigenvalue weighted by atomic mass is 10.1. The lowest BCUT2D eigenvalue weighted by molar-refractivity contribution is -0.128. The van der Waals surface area contributed by atoms with Gasteiger partial charge in [-0.1, -0.05) is 30.3 Å². The van der Waals surface area contributed by atoms with Crippen LogP contribution in [0.5, 0.6) is 0 Å². The molecule has 0 atom stereocenters. The first kappa shape index (κ1) is 21.1. The number of rotatable bonds is 6. The minimum Gasteiger partial charge on any atom is -0.338 e. The maximum atomic E-state index is 12.6. The van der Waals surface area contributed by atoms with Gasteiger partial charge < -0.3 is 20.9 Å². The summed E-state index contributed by atoms with van der Waals surface area (Å²) >= 11 is 0. The van der Waals surface area contributed by atoms with Gasteiger partial charge in [0.05, 0.1) is 0 Å². The van der Waals surface area contributed by atoms with Crippen LogP contribution in [0, 0.1) is 0 Å². The number of benzene rings is 3. The molecule has 0 aliphatic carbocycles. The Kier molecular flexibility index (Phi) is 6.46. The Morgan fingerprint density at radius 3 is 2.16 bits per heavy atom. The SMILES string of the molecule is O=C(Nc1ccccc1)Nc1ccc(C(=O)Nc2cccc(CN3CCCC3=O)c2)cc1. The average molecular weight is 428 g/mol. The van der Waals surface area contributed by atoms with Crippen molar-refractivity contribution in [1.82, 2.24) is 4.90 Å². The van der Waals surface area contributed by atoms with Crippen LogP contribution in [-0.4, -0.2) is 29.3 Å². The van der Waals surface area contributed by atoms with Crippen molar-refractivity contribution in [2.24, 2.45) is 0 Å². The topological polar surface area (TPSA) is 90.5 Å². The molecule has 0 unspecified atom stereocenters. The molecule has 4 rings (SSSR count). The summed E-state index contributed by atoms with van der Waals surface area (Å²) in [6.07, 6.45) is 1.50. The molecule has 1 aliphatic rings. The second-order valence-corrected chi connectivity index (χ2v) is 7.60. The van der Waals surface area contributed by atoms with Crippen molar-refractivity contribution in [3.63, 3.8) is 0 Å². The quantitative estimate of drug-likeness (QED) is 0.531. The Hall–Kier alpha value is -4.13. The standard InChI is InChI=1S/C25H24N4O3/c30-23-10-5-15-29(23)17-18-6-4-9-22(16-18)26-24(31)19-11-13-21(14-12-19)28-25(32)27-20-7-2-1-3-8-20/h1-4,6-9,11-14,16H,5,10,15,17H2,(H,26,31)(H2,27,28,32). The van der Waals surface area contributed by atoms with Crippen molar-refractivity contribution in [2.45, 2.75) is 19.4 Å². The highest BCUT2D eigenvalue weighted by atomic mass is 16.2. The van der Waals surface area contributed by atoms with Crippen LogP contribution >= 0.6 is 0 Å². The molecule has 32 heavy (non-hydrogen) atoms. The van der Waals surface area contributed by atoms with Gasteiger partial charge in [0.1, 0.15) is 0 Å². The van der Waals surface area contributed by atoms with E-state index in [9.17, 15) is 14.4 Å². The molecule has 4 amide bonds. The molecule has 3 aromatic carbocycles. The van der Waals surface area contributed by atoms with Crippen LogP contribution in [-0.2, 0) is 11.3 Å². The number of nitrogens with zero attached hydrogens (tertiary/aromatic N) is 1. The number of carbonyl (C=O) groups is 3. The fraction of sp³-hybridized carbons (Fsp3) is 0.160. The lowest BCUT2D eigenvalue weighted by Gasteiger charge is -2.16. The van der Waals surface area contributed by atoms with E-state index in [1.54, 1.807) is 36.4 Å². The monoisotopic (exact) mass is 428 g/mol. The van der Waals surface area contributed by atoms with Crippen molar-refractivity contribution >= 4 is 34.9 Å². The molecule has 7 heteroatoms. The largest absolute Gasteiger partial charge is 0.338 e. The summed E-state index contributed by atoms with van der Waals surface area (Å²) in [5, 5.41) is 8.36. The third-order valence-corrected chi connectivity index (χ3v) is 5.17. The van der Waals surface area contributed by atoms with Gasteiger partial charge in [-0.05, 0) is 60.5 Å². The van der Waals surface area contributed by atoms with Gasteiger partial charge >= 0.3 is 6.03 Å². The van der Waals surface area contributed by atoms with E-state index in [0.717, 1.165) is 18.5 Å². The number of hydrogen-bond acceptors (Lipinski definition) is 3. The van der Waals surface area contributed by atoms with Crippen LogP contribution < -0.4 is 16.0 Å². The van der Waals surface area contributed by atoms with Gasteiger partial charge in [0.2, 0.25) is 5.91 Å². The van der Waals surface area contributed by atoms with Crippen LogP contribution in [0.1, 0.15) is 28.8 Å². The second-order valence-electron chi connectivity index (χ2n) is 7.60. The third-order valence-electron chi connectivity index (χ3n) is 5.17. The van der Waals surface area contributed by atoms with Crippen molar-refractivity contribution in [2.75, 3.05) is 22.5 Å². The van der Waals surface area contributed by atoms with Crippen LogP contribution in [0.2, 0.25) is 0 Å². The summed E-state index contributed by atoms with van der Waals surface area (Å²) in [6, 6.07) is 22.9. The average Bonchev–Trinajstić information content (AvgIpc) is 3.19. The molecule has 0 aromatic heterocycles. The zero-order valence-electron chi connectivity index (χ0n) is 17.5. The number of nitrogens with one attached hydrogen (secondary N) is 3. The summed E-state index contributed by atoms with van der Waals surface area (Å²) in [7, 11) is 0. The Labute approximate surface area is 186 Å². The number of amides is 4. The van der Waals surface area contributed by atoms with Gasteiger partial charge in [-0.3, -0.25) is 9.59 Å². The number of para-hydroxylation sites is 1. The van der Waals surface area contributed by atoms with E-state index in [1.165, 1.54) is 0 Å². The number of urea groups is 1. The number of hydrogen-bond donors (Lipinski definition) is 3. The van der Waals surface area contributed by atoms with Gasteiger partial charge in [0, 0.05) is 42.1 Å². The van der Waals surface area contributed by atoms with E-state index in [4.69, 9.17) is 0 Å². The summed E-state index contributed by atoms with van der Waals surface area (Å²) < 4.78 is 0. The van der Waals surface area contributed by atoms with Crippen molar-refractivity contribution < 1.29 is 14.4 Å². The van der Waals surface area contributed by atoms with Gasteiger partial charge in [0.25, 0.3) is 5.91 Å². The first-order valence-electron chi connectivity index (χ1n) is 10.5. The fourth-order valence-corrected chi connectivity index (χ4v) is 3.56. The number of likely N-dealkylation sites (tertiary alicyclic amines) is 1. The highest BCUT2D eigenvalue weighted by Crippen LogP contribution is 2.18. The fourth-order valence-electron chi connectivity index (χ4n) is 3.56. The molecule has 1 heterocycles. The van der Waals surface area contributed by atoms with Crippen LogP contribution in [0.4, 0.5) is 21.9 Å². The smallest absolute Gasteiger partial charge is 0.323 e. The predicted molar refractivity (Wildman–Crippen MR) is 125 cm³/mol.